The summed E-state index contributed by atoms with van der Waals surface area (Å²) in [7, 11) is 0. The first-order valence-electron chi connectivity index (χ1n) is 5.92. The molecule has 3 N–H and O–H groups in total. The molecule has 3 amide bonds. The Morgan fingerprint density at radius 1 is 1.42 bits per heavy atom. The van der Waals surface area contributed by atoms with Crippen LogP contribution in [0.4, 0.5) is 0 Å². The number of aromatic hydroxyl groups is 1. The number of hydrogen-bond acceptors (Lipinski definition) is 4. The van der Waals surface area contributed by atoms with E-state index in [4.69, 9.17) is 0 Å². The molecule has 1 fully saturated rings. The van der Waals surface area contributed by atoms with Crippen molar-refractivity contribution in [1.82, 2.24) is 10.6 Å². The van der Waals surface area contributed by atoms with Crippen molar-refractivity contribution in [1.29, 1.82) is 0 Å². The summed E-state index contributed by atoms with van der Waals surface area (Å²) in [5, 5.41) is 14.3. The first-order valence-corrected chi connectivity index (χ1v) is 5.92. The van der Waals surface area contributed by atoms with Gasteiger partial charge in [0.2, 0.25) is 11.8 Å². The molecule has 100 valence electrons. The predicted molar refractivity (Wildman–Crippen MR) is 66.5 cm³/mol. The largest absolute Gasteiger partial charge is 0.508 e. The lowest BCUT2D eigenvalue weighted by Crippen LogP contribution is -2.52. The summed E-state index contributed by atoms with van der Waals surface area (Å²) < 4.78 is 0. The smallest absolute Gasteiger partial charge is 0.252 e. The van der Waals surface area contributed by atoms with Crippen LogP contribution in [0.25, 0.3) is 0 Å². The van der Waals surface area contributed by atoms with Crippen molar-refractivity contribution in [2.24, 2.45) is 0 Å². The molecule has 0 aliphatic carbocycles. The molecule has 1 aromatic carbocycles. The molecule has 1 saturated heterocycles. The summed E-state index contributed by atoms with van der Waals surface area (Å²) in [5.41, 5.74) is 0.761. The van der Waals surface area contributed by atoms with Gasteiger partial charge in [-0.2, -0.15) is 0 Å². The van der Waals surface area contributed by atoms with Crippen LogP contribution in [0.2, 0.25) is 0 Å². The fraction of sp³-hybridized carbons (Fsp3) is 0.308. The highest BCUT2D eigenvalue weighted by Crippen LogP contribution is 2.19. The maximum atomic E-state index is 12.0. The fourth-order valence-electron chi connectivity index (χ4n) is 1.94. The van der Waals surface area contributed by atoms with Gasteiger partial charge in [-0.1, -0.05) is 6.07 Å². The van der Waals surface area contributed by atoms with E-state index in [0.717, 1.165) is 0 Å². The summed E-state index contributed by atoms with van der Waals surface area (Å²) in [5.74, 6) is -1.25. The Hall–Kier alpha value is -2.37. The number of carbonyl (C=O) groups is 3. The van der Waals surface area contributed by atoms with Crippen LogP contribution in [-0.4, -0.2) is 28.9 Å². The third-order valence-electron chi connectivity index (χ3n) is 3.09. The SMILES string of the molecule is Cc1c(O)cccc1C(=O)NC1CCC(=O)NC1=O. The van der Waals surface area contributed by atoms with Gasteiger partial charge < -0.3 is 10.4 Å². The number of imide groups is 1. The average Bonchev–Trinajstić information content (AvgIpc) is 2.36. The van der Waals surface area contributed by atoms with E-state index in [1.54, 1.807) is 19.1 Å². The topological polar surface area (TPSA) is 95.5 Å². The molecule has 19 heavy (non-hydrogen) atoms. The van der Waals surface area contributed by atoms with Gasteiger partial charge in [0, 0.05) is 17.5 Å². The van der Waals surface area contributed by atoms with E-state index in [9.17, 15) is 19.5 Å². The molecule has 1 heterocycles. The molecule has 1 aromatic rings. The van der Waals surface area contributed by atoms with Crippen molar-refractivity contribution in [2.45, 2.75) is 25.8 Å². The highest BCUT2D eigenvalue weighted by Gasteiger charge is 2.28. The molecular weight excluding hydrogens is 248 g/mol. The van der Waals surface area contributed by atoms with Crippen molar-refractivity contribution in [2.75, 3.05) is 0 Å². The molecule has 1 aliphatic rings. The van der Waals surface area contributed by atoms with Gasteiger partial charge in [-0.05, 0) is 25.5 Å². The first kappa shape index (κ1) is 13.1. The Bertz CT molecular complexity index is 554. The van der Waals surface area contributed by atoms with Crippen LogP contribution in [0.3, 0.4) is 0 Å². The number of phenolic OH excluding ortho intramolecular Hbond substituents is 1. The van der Waals surface area contributed by atoms with Gasteiger partial charge in [-0.15, -0.1) is 0 Å². The minimum absolute atomic E-state index is 0.0240. The van der Waals surface area contributed by atoms with Crippen LogP contribution in [0, 0.1) is 6.92 Å². The summed E-state index contributed by atoms with van der Waals surface area (Å²) in [6, 6.07) is 3.89. The second kappa shape index (κ2) is 5.09. The zero-order valence-electron chi connectivity index (χ0n) is 10.4. The molecule has 1 atom stereocenters. The predicted octanol–water partition coefficient (Wildman–Crippen LogP) is 0.236. The number of phenols is 1. The zero-order chi connectivity index (χ0) is 14.0. The van der Waals surface area contributed by atoms with Crippen molar-refractivity contribution in [3.8, 4) is 5.75 Å². The van der Waals surface area contributed by atoms with Crippen LogP contribution in [-0.2, 0) is 9.59 Å². The van der Waals surface area contributed by atoms with Crippen LogP contribution >= 0.6 is 0 Å². The standard InChI is InChI=1S/C13H14N2O4/c1-7-8(3-2-4-10(7)16)12(18)14-9-5-6-11(17)15-13(9)19/h2-4,9,16H,5-6H2,1H3,(H,14,18)(H,15,17,19). The lowest BCUT2D eigenvalue weighted by Gasteiger charge is -2.22. The number of amides is 3. The molecule has 0 saturated carbocycles. The second-order valence-electron chi connectivity index (χ2n) is 4.43. The molecule has 1 aliphatic heterocycles. The molecule has 0 bridgehead atoms. The molecule has 6 heteroatoms. The molecule has 1 unspecified atom stereocenters. The van der Waals surface area contributed by atoms with Gasteiger partial charge in [0.05, 0.1) is 0 Å². The average molecular weight is 262 g/mol. The van der Waals surface area contributed by atoms with Gasteiger partial charge in [-0.3, -0.25) is 19.7 Å². The van der Waals surface area contributed by atoms with Gasteiger partial charge in [0.1, 0.15) is 11.8 Å². The minimum Gasteiger partial charge on any atom is -0.508 e. The van der Waals surface area contributed by atoms with Gasteiger partial charge in [0.25, 0.3) is 5.91 Å². The highest BCUT2D eigenvalue weighted by atomic mass is 16.3. The maximum Gasteiger partial charge on any atom is 0.252 e. The van der Waals surface area contributed by atoms with E-state index in [0.29, 0.717) is 11.1 Å². The summed E-state index contributed by atoms with van der Waals surface area (Å²) in [4.78, 5) is 34.5. The third kappa shape index (κ3) is 2.73. The van der Waals surface area contributed by atoms with E-state index in [2.05, 4.69) is 10.6 Å². The van der Waals surface area contributed by atoms with Crippen LogP contribution in [0.5, 0.6) is 5.75 Å². The number of piperidine rings is 1. The molecule has 2 rings (SSSR count). The van der Waals surface area contributed by atoms with Gasteiger partial charge in [0.15, 0.2) is 0 Å². The molecule has 0 aromatic heterocycles. The monoisotopic (exact) mass is 262 g/mol. The van der Waals surface area contributed by atoms with Gasteiger partial charge in [-0.25, -0.2) is 0 Å². The van der Waals surface area contributed by atoms with Crippen LogP contribution in [0.1, 0.15) is 28.8 Å². The lowest BCUT2D eigenvalue weighted by molar-refractivity contribution is -0.134. The Morgan fingerprint density at radius 2 is 2.16 bits per heavy atom. The number of rotatable bonds is 2. The zero-order valence-corrected chi connectivity index (χ0v) is 10.4. The summed E-state index contributed by atoms with van der Waals surface area (Å²) >= 11 is 0. The van der Waals surface area contributed by atoms with E-state index < -0.39 is 17.9 Å². The molecule has 0 spiro atoms. The van der Waals surface area contributed by atoms with Crippen molar-refractivity contribution >= 4 is 17.7 Å². The number of carbonyl (C=O) groups excluding carboxylic acids is 3. The Morgan fingerprint density at radius 3 is 2.84 bits per heavy atom. The van der Waals surface area contributed by atoms with Crippen LogP contribution in [0.15, 0.2) is 18.2 Å². The Labute approximate surface area is 109 Å². The van der Waals surface area contributed by atoms with E-state index in [-0.39, 0.29) is 24.5 Å². The number of hydrogen-bond donors (Lipinski definition) is 3. The van der Waals surface area contributed by atoms with E-state index in [1.807, 2.05) is 0 Å². The normalized spacial score (nSPS) is 18.9. The third-order valence-corrected chi connectivity index (χ3v) is 3.09. The highest BCUT2D eigenvalue weighted by molar-refractivity contribution is 6.04. The quantitative estimate of drug-likeness (QED) is 0.665. The van der Waals surface area contributed by atoms with E-state index in [1.165, 1.54) is 6.07 Å². The minimum atomic E-state index is -0.716. The number of nitrogens with one attached hydrogen (secondary N) is 2. The van der Waals surface area contributed by atoms with Crippen LogP contribution < -0.4 is 10.6 Å². The Balaban J connectivity index is 2.11. The van der Waals surface area contributed by atoms with E-state index >= 15 is 0 Å². The number of benzene rings is 1. The Kier molecular flexibility index (Phi) is 3.50. The molecule has 0 radical (unpaired) electrons. The lowest BCUT2D eigenvalue weighted by atomic mass is 10.0. The second-order valence-corrected chi connectivity index (χ2v) is 4.43. The van der Waals surface area contributed by atoms with Crippen molar-refractivity contribution in [3.63, 3.8) is 0 Å². The van der Waals surface area contributed by atoms with Gasteiger partial charge >= 0.3 is 0 Å². The first-order chi connectivity index (χ1) is 8.99. The fourth-order valence-corrected chi connectivity index (χ4v) is 1.94. The maximum absolute atomic E-state index is 12.0. The molecular formula is C13H14N2O4. The molecule has 6 nitrogen and oxygen atoms in total. The van der Waals surface area contributed by atoms with Crippen molar-refractivity contribution in [3.05, 3.63) is 29.3 Å². The van der Waals surface area contributed by atoms with Crippen molar-refractivity contribution < 1.29 is 19.5 Å². The summed E-state index contributed by atoms with van der Waals surface area (Å²) in [6.07, 6.45) is 0.490. The summed E-state index contributed by atoms with van der Waals surface area (Å²) in [6.45, 7) is 1.62.